The normalized spacial score (nSPS) is 10.2. The summed E-state index contributed by atoms with van der Waals surface area (Å²) >= 11 is 0. The van der Waals surface area contributed by atoms with Gasteiger partial charge in [0.05, 0.1) is 18.5 Å². The Bertz CT molecular complexity index is 514. The van der Waals surface area contributed by atoms with Gasteiger partial charge >= 0.3 is 0 Å². The van der Waals surface area contributed by atoms with Gasteiger partial charge in [0.2, 0.25) is 0 Å². The third kappa shape index (κ3) is 2.53. The van der Waals surface area contributed by atoms with Crippen LogP contribution >= 0.6 is 0 Å². The van der Waals surface area contributed by atoms with E-state index in [0.29, 0.717) is 12.4 Å². The molecule has 4 nitrogen and oxygen atoms in total. The van der Waals surface area contributed by atoms with Gasteiger partial charge in [-0.05, 0) is 36.8 Å². The van der Waals surface area contributed by atoms with E-state index in [2.05, 4.69) is 9.97 Å². The number of nitrogens with one attached hydrogen (secondary N) is 1. The summed E-state index contributed by atoms with van der Waals surface area (Å²) in [5.74, 6) is 1.15. The Morgan fingerprint density at radius 2 is 2.06 bits per heavy atom. The highest BCUT2D eigenvalue weighted by Gasteiger charge is 2.06. The number of aromatic amines is 1. The van der Waals surface area contributed by atoms with E-state index < -0.39 is 0 Å². The largest absolute Gasteiger partial charge is 0.494 e. The SMILES string of the molecule is CCOc1ccc(-c2cnc(C(C)=O)[nH]2)cc1. The maximum Gasteiger partial charge on any atom is 0.194 e. The molecule has 88 valence electrons. The van der Waals surface area contributed by atoms with E-state index in [1.165, 1.54) is 6.92 Å². The fraction of sp³-hybridized carbons (Fsp3) is 0.231. The molecule has 0 aliphatic heterocycles. The minimum atomic E-state index is -0.0674. The fourth-order valence-corrected chi connectivity index (χ4v) is 1.54. The van der Waals surface area contributed by atoms with Crippen LogP contribution in [0.15, 0.2) is 30.5 Å². The zero-order valence-corrected chi connectivity index (χ0v) is 9.86. The van der Waals surface area contributed by atoms with Gasteiger partial charge < -0.3 is 9.72 Å². The van der Waals surface area contributed by atoms with Crippen molar-refractivity contribution >= 4 is 5.78 Å². The van der Waals surface area contributed by atoms with Crippen LogP contribution in [-0.4, -0.2) is 22.4 Å². The smallest absolute Gasteiger partial charge is 0.194 e. The van der Waals surface area contributed by atoms with Gasteiger partial charge in [-0.25, -0.2) is 4.98 Å². The summed E-state index contributed by atoms with van der Waals surface area (Å²) in [6.07, 6.45) is 1.66. The summed E-state index contributed by atoms with van der Waals surface area (Å²) in [4.78, 5) is 18.1. The first kappa shape index (κ1) is 11.4. The van der Waals surface area contributed by atoms with Gasteiger partial charge in [-0.2, -0.15) is 0 Å². The van der Waals surface area contributed by atoms with Crippen molar-refractivity contribution in [3.8, 4) is 17.0 Å². The van der Waals surface area contributed by atoms with Crippen molar-refractivity contribution in [3.63, 3.8) is 0 Å². The maximum atomic E-state index is 11.1. The Balaban J connectivity index is 2.23. The van der Waals surface area contributed by atoms with Crippen LogP contribution in [-0.2, 0) is 0 Å². The van der Waals surface area contributed by atoms with Crippen LogP contribution in [0.4, 0.5) is 0 Å². The molecule has 0 aliphatic carbocycles. The fourth-order valence-electron chi connectivity index (χ4n) is 1.54. The van der Waals surface area contributed by atoms with E-state index in [-0.39, 0.29) is 5.78 Å². The molecule has 0 saturated heterocycles. The van der Waals surface area contributed by atoms with Gasteiger partial charge in [0.1, 0.15) is 5.75 Å². The van der Waals surface area contributed by atoms with Gasteiger partial charge in [-0.15, -0.1) is 0 Å². The number of H-pyrrole nitrogens is 1. The van der Waals surface area contributed by atoms with Crippen LogP contribution in [0.1, 0.15) is 24.5 Å². The van der Waals surface area contributed by atoms with Crippen molar-refractivity contribution in [2.24, 2.45) is 0 Å². The zero-order valence-electron chi connectivity index (χ0n) is 9.86. The van der Waals surface area contributed by atoms with Crippen LogP contribution < -0.4 is 4.74 Å². The molecular weight excluding hydrogens is 216 g/mol. The third-order valence-corrected chi connectivity index (χ3v) is 2.39. The van der Waals surface area contributed by atoms with Crippen molar-refractivity contribution in [3.05, 3.63) is 36.3 Å². The molecule has 0 bridgehead atoms. The summed E-state index contributed by atoms with van der Waals surface area (Å²) in [6, 6.07) is 7.66. The quantitative estimate of drug-likeness (QED) is 0.821. The van der Waals surface area contributed by atoms with Crippen molar-refractivity contribution in [2.45, 2.75) is 13.8 Å². The minimum absolute atomic E-state index is 0.0674. The zero-order chi connectivity index (χ0) is 12.3. The average Bonchev–Trinajstić information content (AvgIpc) is 2.80. The number of hydrogen-bond acceptors (Lipinski definition) is 3. The summed E-state index contributed by atoms with van der Waals surface area (Å²) in [7, 11) is 0. The molecule has 1 aromatic carbocycles. The number of rotatable bonds is 4. The standard InChI is InChI=1S/C13H14N2O2/c1-3-17-11-6-4-10(5-7-11)12-8-14-13(15-12)9(2)16/h4-8H,3H2,1-2H3,(H,14,15). The third-order valence-electron chi connectivity index (χ3n) is 2.39. The Morgan fingerprint density at radius 1 is 1.35 bits per heavy atom. The Hall–Kier alpha value is -2.10. The average molecular weight is 230 g/mol. The molecule has 0 spiro atoms. The molecule has 0 aliphatic rings. The predicted octanol–water partition coefficient (Wildman–Crippen LogP) is 2.68. The van der Waals surface area contributed by atoms with Crippen molar-refractivity contribution < 1.29 is 9.53 Å². The number of ketones is 1. The molecule has 1 heterocycles. The summed E-state index contributed by atoms with van der Waals surface area (Å²) < 4.78 is 5.36. The highest BCUT2D eigenvalue weighted by Crippen LogP contribution is 2.20. The molecule has 0 saturated carbocycles. The molecule has 0 atom stereocenters. The molecule has 17 heavy (non-hydrogen) atoms. The lowest BCUT2D eigenvalue weighted by atomic mass is 10.2. The first-order chi connectivity index (χ1) is 8.20. The van der Waals surface area contributed by atoms with E-state index in [1.807, 2.05) is 31.2 Å². The molecule has 0 amide bonds. The lowest BCUT2D eigenvalue weighted by molar-refractivity contribution is 0.100. The molecule has 0 radical (unpaired) electrons. The van der Waals surface area contributed by atoms with E-state index in [9.17, 15) is 4.79 Å². The number of carbonyl (C=O) groups excluding carboxylic acids is 1. The van der Waals surface area contributed by atoms with Gasteiger partial charge in [-0.1, -0.05) is 0 Å². The number of ether oxygens (including phenoxy) is 1. The molecular formula is C13H14N2O2. The summed E-state index contributed by atoms with van der Waals surface area (Å²) in [6.45, 7) is 4.08. The van der Waals surface area contributed by atoms with E-state index in [4.69, 9.17) is 4.74 Å². The van der Waals surface area contributed by atoms with E-state index in [1.54, 1.807) is 6.20 Å². The second-order valence-corrected chi connectivity index (χ2v) is 3.66. The van der Waals surface area contributed by atoms with Gasteiger partial charge in [0.15, 0.2) is 11.6 Å². The Labute approximate surface area is 99.7 Å². The highest BCUT2D eigenvalue weighted by atomic mass is 16.5. The first-order valence-electron chi connectivity index (χ1n) is 5.50. The molecule has 1 aromatic heterocycles. The van der Waals surface area contributed by atoms with Crippen molar-refractivity contribution in [2.75, 3.05) is 6.61 Å². The number of imidazole rings is 1. The van der Waals surface area contributed by atoms with Crippen LogP contribution in [0.2, 0.25) is 0 Å². The molecule has 4 heteroatoms. The molecule has 0 fully saturated rings. The minimum Gasteiger partial charge on any atom is -0.494 e. The number of carbonyl (C=O) groups is 1. The van der Waals surface area contributed by atoms with Crippen LogP contribution in [0.25, 0.3) is 11.3 Å². The molecule has 2 rings (SSSR count). The maximum absolute atomic E-state index is 11.1. The van der Waals surface area contributed by atoms with E-state index in [0.717, 1.165) is 17.0 Å². The Morgan fingerprint density at radius 3 is 2.59 bits per heavy atom. The highest BCUT2D eigenvalue weighted by molar-refractivity contribution is 5.91. The van der Waals surface area contributed by atoms with Crippen LogP contribution in [0.3, 0.4) is 0 Å². The topological polar surface area (TPSA) is 55.0 Å². The molecule has 2 aromatic rings. The van der Waals surface area contributed by atoms with Crippen LogP contribution in [0.5, 0.6) is 5.75 Å². The van der Waals surface area contributed by atoms with Crippen molar-refractivity contribution in [1.29, 1.82) is 0 Å². The predicted molar refractivity (Wildman–Crippen MR) is 65.2 cm³/mol. The molecule has 1 N–H and O–H groups in total. The number of aromatic nitrogens is 2. The first-order valence-corrected chi connectivity index (χ1v) is 5.50. The lowest BCUT2D eigenvalue weighted by Gasteiger charge is -2.03. The van der Waals surface area contributed by atoms with Gasteiger partial charge in [0.25, 0.3) is 0 Å². The Kier molecular flexibility index (Phi) is 3.23. The monoisotopic (exact) mass is 230 g/mol. The summed E-state index contributed by atoms with van der Waals surface area (Å²) in [5.41, 5.74) is 1.81. The number of hydrogen-bond donors (Lipinski definition) is 1. The van der Waals surface area contributed by atoms with Gasteiger partial charge in [-0.3, -0.25) is 4.79 Å². The second kappa shape index (κ2) is 4.82. The van der Waals surface area contributed by atoms with E-state index >= 15 is 0 Å². The number of nitrogens with zero attached hydrogens (tertiary/aromatic N) is 1. The lowest BCUT2D eigenvalue weighted by Crippen LogP contribution is -1.94. The second-order valence-electron chi connectivity index (χ2n) is 3.66. The van der Waals surface area contributed by atoms with Crippen molar-refractivity contribution in [1.82, 2.24) is 9.97 Å². The molecule has 0 unspecified atom stereocenters. The number of Topliss-reactive ketones (excluding diaryl/α,β-unsaturated/α-hetero) is 1. The van der Waals surface area contributed by atoms with Crippen LogP contribution in [0, 0.1) is 0 Å². The number of benzene rings is 1. The summed E-state index contributed by atoms with van der Waals surface area (Å²) in [5, 5.41) is 0. The van der Waals surface area contributed by atoms with Gasteiger partial charge in [0, 0.05) is 6.92 Å².